The largest absolute Gasteiger partial charge is 0.411 e. The van der Waals surface area contributed by atoms with Gasteiger partial charge in [-0.05, 0) is 19.2 Å². The van der Waals surface area contributed by atoms with Gasteiger partial charge >= 0.3 is 0 Å². The Labute approximate surface area is 152 Å². The molecule has 1 amide bonds. The van der Waals surface area contributed by atoms with E-state index in [1.54, 1.807) is 13.4 Å². The zero-order valence-corrected chi connectivity index (χ0v) is 15.0. The van der Waals surface area contributed by atoms with Gasteiger partial charge in [0.05, 0.1) is 23.1 Å². The van der Waals surface area contributed by atoms with Crippen LogP contribution in [-0.2, 0) is 18.3 Å². The molecule has 0 saturated carbocycles. The first-order chi connectivity index (χ1) is 12.4. The Balaban J connectivity index is 2.08. The molecule has 3 aromatic rings. The van der Waals surface area contributed by atoms with Gasteiger partial charge in [-0.2, -0.15) is 0 Å². The average molecular weight is 349 g/mol. The number of hydrogen-bond acceptors (Lipinski definition) is 6. The SMILES string of the molecule is [B]N(C)c1nc(N)c(-c2cccc(CCNC(C)=O)n2)c2c1ncn2C. The highest BCUT2D eigenvalue weighted by Crippen LogP contribution is 2.35. The summed E-state index contributed by atoms with van der Waals surface area (Å²) < 4.78 is 1.88. The smallest absolute Gasteiger partial charge is 0.228 e. The number of nitrogens with two attached hydrogens (primary N) is 1. The lowest BCUT2D eigenvalue weighted by Crippen LogP contribution is -2.22. The molecule has 0 unspecified atom stereocenters. The lowest BCUT2D eigenvalue weighted by Gasteiger charge is -2.16. The Morgan fingerprint density at radius 3 is 2.85 bits per heavy atom. The number of aryl methyl sites for hydroxylation is 1. The number of amides is 1. The monoisotopic (exact) mass is 349 g/mol. The molecule has 0 saturated heterocycles. The fourth-order valence-corrected chi connectivity index (χ4v) is 2.86. The van der Waals surface area contributed by atoms with Crippen molar-refractivity contribution in [2.75, 3.05) is 24.1 Å². The van der Waals surface area contributed by atoms with Gasteiger partial charge in [-0.25, -0.2) is 9.97 Å². The third-order valence-electron chi connectivity index (χ3n) is 4.02. The maximum Gasteiger partial charge on any atom is 0.228 e. The fraction of sp³-hybridized carbons (Fsp3) is 0.294. The summed E-state index contributed by atoms with van der Waals surface area (Å²) in [4.78, 5) is 25.9. The molecule has 132 valence electrons. The van der Waals surface area contributed by atoms with Crippen LogP contribution in [0.25, 0.3) is 22.3 Å². The molecule has 0 fully saturated rings. The number of nitrogens with zero attached hydrogens (tertiary/aromatic N) is 5. The summed E-state index contributed by atoms with van der Waals surface area (Å²) in [6.45, 7) is 2.02. The second-order valence-corrected chi connectivity index (χ2v) is 6.11. The molecular weight excluding hydrogens is 329 g/mol. The molecule has 0 aliphatic rings. The van der Waals surface area contributed by atoms with E-state index in [2.05, 4.69) is 20.3 Å². The average Bonchev–Trinajstić information content (AvgIpc) is 2.96. The minimum atomic E-state index is -0.0623. The highest BCUT2D eigenvalue weighted by atomic mass is 16.1. The van der Waals surface area contributed by atoms with Crippen LogP contribution in [0.4, 0.5) is 11.6 Å². The van der Waals surface area contributed by atoms with Crippen LogP contribution in [-0.4, -0.2) is 47.0 Å². The summed E-state index contributed by atoms with van der Waals surface area (Å²) in [6.07, 6.45) is 2.32. The van der Waals surface area contributed by atoms with Gasteiger partial charge in [0, 0.05) is 32.6 Å². The Hall–Kier alpha value is -3.10. The summed E-state index contributed by atoms with van der Waals surface area (Å²) in [6, 6.07) is 5.71. The molecule has 3 N–H and O–H groups in total. The normalized spacial score (nSPS) is 10.9. The van der Waals surface area contributed by atoms with Gasteiger partial charge in [-0.1, -0.05) is 6.07 Å². The van der Waals surface area contributed by atoms with Gasteiger partial charge in [-0.15, -0.1) is 0 Å². The van der Waals surface area contributed by atoms with Crippen molar-refractivity contribution in [3.8, 4) is 11.3 Å². The number of carbonyl (C=O) groups excluding carboxylic acids is 1. The van der Waals surface area contributed by atoms with Crippen molar-refractivity contribution >= 4 is 36.6 Å². The maximum atomic E-state index is 11.0. The molecule has 9 heteroatoms. The van der Waals surface area contributed by atoms with E-state index in [0.29, 0.717) is 41.4 Å². The van der Waals surface area contributed by atoms with Crippen molar-refractivity contribution in [2.24, 2.45) is 7.05 Å². The molecule has 3 heterocycles. The Morgan fingerprint density at radius 2 is 2.15 bits per heavy atom. The third-order valence-corrected chi connectivity index (χ3v) is 4.02. The second-order valence-electron chi connectivity index (χ2n) is 6.11. The maximum absolute atomic E-state index is 11.0. The molecule has 0 bridgehead atoms. The number of carbonyl (C=O) groups is 1. The Bertz CT molecular complexity index is 967. The van der Waals surface area contributed by atoms with Crippen molar-refractivity contribution in [2.45, 2.75) is 13.3 Å². The number of hydrogen-bond donors (Lipinski definition) is 2. The van der Waals surface area contributed by atoms with Crippen molar-refractivity contribution in [1.29, 1.82) is 0 Å². The summed E-state index contributed by atoms with van der Waals surface area (Å²) in [5.74, 6) is 0.774. The highest BCUT2D eigenvalue weighted by Gasteiger charge is 2.19. The molecule has 0 aromatic carbocycles. The van der Waals surface area contributed by atoms with Gasteiger partial charge in [0.25, 0.3) is 0 Å². The fourth-order valence-electron chi connectivity index (χ4n) is 2.86. The number of pyridine rings is 2. The number of nitrogens with one attached hydrogen (secondary N) is 1. The first-order valence-corrected chi connectivity index (χ1v) is 8.18. The zero-order chi connectivity index (χ0) is 18.8. The van der Waals surface area contributed by atoms with Crippen LogP contribution >= 0.6 is 0 Å². The first kappa shape index (κ1) is 17.7. The Kier molecular flexibility index (Phi) is 4.79. The van der Waals surface area contributed by atoms with Crippen LogP contribution in [0.1, 0.15) is 12.6 Å². The summed E-state index contributed by atoms with van der Waals surface area (Å²) in [5, 5.41) is 2.77. The minimum absolute atomic E-state index is 0.0623. The lowest BCUT2D eigenvalue weighted by atomic mass is 10.1. The predicted octanol–water partition coefficient (Wildman–Crippen LogP) is 0.811. The zero-order valence-electron chi connectivity index (χ0n) is 15.0. The van der Waals surface area contributed by atoms with Crippen molar-refractivity contribution in [1.82, 2.24) is 24.8 Å². The van der Waals surface area contributed by atoms with E-state index in [9.17, 15) is 4.79 Å². The Morgan fingerprint density at radius 1 is 1.38 bits per heavy atom. The van der Waals surface area contributed by atoms with Crippen LogP contribution < -0.4 is 15.9 Å². The van der Waals surface area contributed by atoms with E-state index in [1.165, 1.54) is 11.7 Å². The van der Waals surface area contributed by atoms with Crippen LogP contribution in [0.2, 0.25) is 0 Å². The number of nitrogen functional groups attached to an aromatic ring is 1. The van der Waals surface area contributed by atoms with Gasteiger partial charge in [0.1, 0.15) is 17.2 Å². The van der Waals surface area contributed by atoms with Gasteiger partial charge in [-0.3, -0.25) is 9.78 Å². The summed E-state index contributed by atoms with van der Waals surface area (Å²) in [5.41, 5.74) is 9.99. The molecule has 0 aliphatic carbocycles. The molecule has 26 heavy (non-hydrogen) atoms. The van der Waals surface area contributed by atoms with Gasteiger partial charge in [0.15, 0.2) is 0 Å². The number of fused-ring (bicyclic) bond motifs is 1. The highest BCUT2D eigenvalue weighted by molar-refractivity contribution is 6.20. The number of anilines is 2. The van der Waals surface area contributed by atoms with Crippen LogP contribution in [0.3, 0.4) is 0 Å². The second kappa shape index (κ2) is 7.03. The van der Waals surface area contributed by atoms with E-state index >= 15 is 0 Å². The number of aromatic nitrogens is 4. The van der Waals surface area contributed by atoms with Gasteiger partial charge < -0.3 is 20.4 Å². The van der Waals surface area contributed by atoms with Crippen LogP contribution in [0.5, 0.6) is 0 Å². The summed E-state index contributed by atoms with van der Waals surface area (Å²) >= 11 is 0. The molecule has 2 radical (unpaired) electrons. The van der Waals surface area contributed by atoms with Crippen LogP contribution in [0.15, 0.2) is 24.5 Å². The molecule has 0 aliphatic heterocycles. The van der Waals surface area contributed by atoms with Crippen molar-refractivity contribution < 1.29 is 4.79 Å². The van der Waals surface area contributed by atoms with E-state index in [-0.39, 0.29) is 5.91 Å². The molecule has 3 aromatic heterocycles. The third kappa shape index (κ3) is 3.33. The molecular formula is C17H20BN7O. The van der Waals surface area contributed by atoms with Crippen molar-refractivity contribution in [3.05, 3.63) is 30.2 Å². The molecule has 8 nitrogen and oxygen atoms in total. The van der Waals surface area contributed by atoms with E-state index < -0.39 is 0 Å². The molecule has 3 rings (SSSR count). The standard InChI is InChI=1S/C17H20BN7O/c1-10(26)20-8-7-11-5-4-6-12(22-11)13-15-14(21-9-24(15)2)17(25(3)18)23-16(13)19/h4-6,9H,7-8H2,1-3H3,(H2,19,23)(H,20,26). The molecule has 0 atom stereocenters. The van der Waals surface area contributed by atoms with E-state index in [4.69, 9.17) is 13.7 Å². The molecule has 0 spiro atoms. The predicted molar refractivity (Wildman–Crippen MR) is 103 cm³/mol. The quantitative estimate of drug-likeness (QED) is 0.661. The summed E-state index contributed by atoms with van der Waals surface area (Å²) in [7, 11) is 9.45. The topological polar surface area (TPSA) is 102 Å². The number of rotatable bonds is 5. The van der Waals surface area contributed by atoms with E-state index in [0.717, 1.165) is 11.2 Å². The minimum Gasteiger partial charge on any atom is -0.411 e. The van der Waals surface area contributed by atoms with Crippen LogP contribution in [0, 0.1) is 0 Å². The first-order valence-electron chi connectivity index (χ1n) is 8.18. The lowest BCUT2D eigenvalue weighted by molar-refractivity contribution is -0.118. The van der Waals surface area contributed by atoms with E-state index in [1.807, 2.05) is 29.8 Å². The van der Waals surface area contributed by atoms with Gasteiger partial charge in [0.2, 0.25) is 13.9 Å². The van der Waals surface area contributed by atoms with Crippen molar-refractivity contribution in [3.63, 3.8) is 0 Å². The number of imidazole rings is 1.